The summed E-state index contributed by atoms with van der Waals surface area (Å²) < 4.78 is 28.0. The summed E-state index contributed by atoms with van der Waals surface area (Å²) in [5.74, 6) is -0.496. The first-order valence-corrected chi connectivity index (χ1v) is 12.2. The first kappa shape index (κ1) is 28.2. The van der Waals surface area contributed by atoms with Crippen LogP contribution in [-0.4, -0.2) is 109 Å². The Labute approximate surface area is 225 Å². The molecule has 3 aromatic rings. The molecule has 216 valence electrons. The number of ether oxygens (including phenoxy) is 4. The van der Waals surface area contributed by atoms with Gasteiger partial charge in [-0.3, -0.25) is 4.79 Å². The van der Waals surface area contributed by atoms with Gasteiger partial charge < -0.3 is 64.2 Å². The van der Waals surface area contributed by atoms with Crippen LogP contribution in [0, 0.1) is 0 Å². The molecule has 5 rings (SSSR count). The molecule has 8 atom stereocenters. The Balaban J connectivity index is 1.47. The fourth-order valence-corrected chi connectivity index (χ4v) is 4.57. The number of aromatic hydroxyl groups is 2. The molecule has 2 aliphatic heterocycles. The van der Waals surface area contributed by atoms with Gasteiger partial charge in [0.25, 0.3) is 0 Å². The zero-order valence-corrected chi connectivity index (χ0v) is 20.7. The molecule has 0 amide bonds. The van der Waals surface area contributed by atoms with E-state index in [2.05, 4.69) is 0 Å². The minimum atomic E-state index is -2.04. The minimum absolute atomic E-state index is 0.00882. The maximum absolute atomic E-state index is 12.8. The molecule has 2 aromatic carbocycles. The molecule has 40 heavy (non-hydrogen) atoms. The lowest BCUT2D eigenvalue weighted by Crippen LogP contribution is -2.62. The molecule has 2 aliphatic rings. The number of fused-ring (bicyclic) bond motifs is 1. The van der Waals surface area contributed by atoms with E-state index in [4.69, 9.17) is 23.4 Å². The van der Waals surface area contributed by atoms with Gasteiger partial charge in [-0.1, -0.05) is 0 Å². The second-order valence-electron chi connectivity index (χ2n) is 9.65. The molecule has 3 heterocycles. The number of benzene rings is 2. The number of aliphatic hydroxyl groups is 6. The van der Waals surface area contributed by atoms with Gasteiger partial charge in [0.15, 0.2) is 17.8 Å². The summed E-state index contributed by atoms with van der Waals surface area (Å²) in [5.41, 5.74) is -2.22. The fourth-order valence-electron chi connectivity index (χ4n) is 4.57. The standard InChI is InChI=1S/C26H28O14/c27-8-18-20(32)21(33)22(40-25-23(34)26(35,9-28)10-36-25)24(39-18)37-13-5-14(30)19-15(31)7-16(38-17(19)6-13)11-1-3-12(29)4-2-11/h1-7,18,20-25,27-30,32-35H,8-10H2/t18?,20?,21?,22-,23?,24?,25+,26+/m1/s1. The topological polar surface area (TPSA) is 229 Å². The van der Waals surface area contributed by atoms with Crippen molar-refractivity contribution >= 4 is 11.0 Å². The Morgan fingerprint density at radius 1 is 0.975 bits per heavy atom. The van der Waals surface area contributed by atoms with Crippen molar-refractivity contribution in [3.05, 3.63) is 52.7 Å². The fraction of sp³-hybridized carbons (Fsp3) is 0.423. The van der Waals surface area contributed by atoms with Crippen LogP contribution in [0.5, 0.6) is 17.2 Å². The molecule has 0 bridgehead atoms. The number of aliphatic hydroxyl groups excluding tert-OH is 5. The molecule has 5 unspecified atom stereocenters. The second kappa shape index (κ2) is 10.9. The Hall–Kier alpha value is -3.31. The highest BCUT2D eigenvalue weighted by atomic mass is 16.8. The van der Waals surface area contributed by atoms with Gasteiger partial charge in [-0.05, 0) is 24.3 Å². The van der Waals surface area contributed by atoms with Crippen LogP contribution in [0.25, 0.3) is 22.3 Å². The highest BCUT2D eigenvalue weighted by molar-refractivity contribution is 5.86. The van der Waals surface area contributed by atoms with Gasteiger partial charge in [0.2, 0.25) is 6.29 Å². The van der Waals surface area contributed by atoms with Crippen LogP contribution >= 0.6 is 0 Å². The molecule has 0 spiro atoms. The molecule has 0 saturated carbocycles. The summed E-state index contributed by atoms with van der Waals surface area (Å²) in [6, 6.07) is 9.37. The first-order valence-electron chi connectivity index (χ1n) is 12.2. The predicted octanol–water partition coefficient (Wildman–Crippen LogP) is -1.49. The van der Waals surface area contributed by atoms with E-state index in [1.54, 1.807) is 0 Å². The van der Waals surface area contributed by atoms with Crippen LogP contribution in [0.2, 0.25) is 0 Å². The van der Waals surface area contributed by atoms with Gasteiger partial charge in [0.05, 0.1) is 19.8 Å². The largest absolute Gasteiger partial charge is 0.508 e. The molecule has 2 fully saturated rings. The van der Waals surface area contributed by atoms with E-state index in [0.29, 0.717) is 5.56 Å². The van der Waals surface area contributed by atoms with Gasteiger partial charge in [-0.15, -0.1) is 0 Å². The van der Waals surface area contributed by atoms with E-state index < -0.39 is 79.7 Å². The summed E-state index contributed by atoms with van der Waals surface area (Å²) >= 11 is 0. The van der Waals surface area contributed by atoms with Crippen LogP contribution in [-0.2, 0) is 14.2 Å². The van der Waals surface area contributed by atoms with Crippen molar-refractivity contribution < 1.29 is 64.2 Å². The van der Waals surface area contributed by atoms with Gasteiger partial charge >= 0.3 is 0 Å². The van der Waals surface area contributed by atoms with E-state index in [9.17, 15) is 45.6 Å². The van der Waals surface area contributed by atoms with E-state index in [-0.39, 0.29) is 28.2 Å². The number of hydrogen-bond donors (Lipinski definition) is 8. The molecule has 0 aliphatic carbocycles. The second-order valence-corrected chi connectivity index (χ2v) is 9.65. The average Bonchev–Trinajstić information content (AvgIpc) is 3.21. The Morgan fingerprint density at radius 3 is 2.35 bits per heavy atom. The molecular weight excluding hydrogens is 536 g/mol. The van der Waals surface area contributed by atoms with Crippen LogP contribution in [0.1, 0.15) is 0 Å². The highest BCUT2D eigenvalue weighted by Crippen LogP contribution is 2.35. The molecule has 2 saturated heterocycles. The van der Waals surface area contributed by atoms with Crippen molar-refractivity contribution in [3.8, 4) is 28.6 Å². The Kier molecular flexibility index (Phi) is 7.71. The summed E-state index contributed by atoms with van der Waals surface area (Å²) in [6.45, 7) is -2.06. The zero-order valence-electron chi connectivity index (χ0n) is 20.7. The normalized spacial score (nSPS) is 32.4. The van der Waals surface area contributed by atoms with Crippen molar-refractivity contribution in [2.75, 3.05) is 19.8 Å². The molecule has 1 aromatic heterocycles. The number of phenolic OH excluding ortho intramolecular Hbond substituents is 2. The van der Waals surface area contributed by atoms with E-state index in [1.807, 2.05) is 0 Å². The van der Waals surface area contributed by atoms with Crippen molar-refractivity contribution in [2.45, 2.75) is 48.7 Å². The summed E-state index contributed by atoms with van der Waals surface area (Å²) in [5, 5.41) is 80.7. The van der Waals surface area contributed by atoms with Crippen LogP contribution in [0.4, 0.5) is 0 Å². The van der Waals surface area contributed by atoms with Gasteiger partial charge in [-0.25, -0.2) is 0 Å². The summed E-state index contributed by atoms with van der Waals surface area (Å²) in [6.07, 6.45) is -11.2. The first-order chi connectivity index (χ1) is 19.0. The van der Waals surface area contributed by atoms with Crippen LogP contribution in [0.3, 0.4) is 0 Å². The third-order valence-corrected chi connectivity index (χ3v) is 6.88. The lowest BCUT2D eigenvalue weighted by atomic mass is 9.98. The number of rotatable bonds is 7. The molecule has 8 N–H and O–H groups in total. The van der Waals surface area contributed by atoms with Crippen molar-refractivity contribution in [1.29, 1.82) is 0 Å². The van der Waals surface area contributed by atoms with Crippen LogP contribution < -0.4 is 10.2 Å². The van der Waals surface area contributed by atoms with Gasteiger partial charge in [0, 0.05) is 23.8 Å². The maximum Gasteiger partial charge on any atom is 0.229 e. The molecule has 14 nitrogen and oxygen atoms in total. The van der Waals surface area contributed by atoms with Crippen molar-refractivity contribution in [2.24, 2.45) is 0 Å². The van der Waals surface area contributed by atoms with Crippen molar-refractivity contribution in [1.82, 2.24) is 0 Å². The van der Waals surface area contributed by atoms with E-state index >= 15 is 0 Å². The lowest BCUT2D eigenvalue weighted by molar-refractivity contribution is -0.318. The average molecular weight is 564 g/mol. The lowest BCUT2D eigenvalue weighted by Gasteiger charge is -2.42. The Morgan fingerprint density at radius 2 is 1.70 bits per heavy atom. The third kappa shape index (κ3) is 5.12. The predicted molar refractivity (Wildman–Crippen MR) is 132 cm³/mol. The summed E-state index contributed by atoms with van der Waals surface area (Å²) in [7, 11) is 0. The van der Waals surface area contributed by atoms with Crippen LogP contribution in [0.15, 0.2) is 51.7 Å². The number of phenols is 2. The van der Waals surface area contributed by atoms with E-state index in [1.165, 1.54) is 36.4 Å². The molecule has 14 heteroatoms. The zero-order chi connectivity index (χ0) is 28.8. The summed E-state index contributed by atoms with van der Waals surface area (Å²) in [4.78, 5) is 12.8. The highest BCUT2D eigenvalue weighted by Gasteiger charge is 2.53. The quantitative estimate of drug-likeness (QED) is 0.164. The monoisotopic (exact) mass is 564 g/mol. The minimum Gasteiger partial charge on any atom is -0.508 e. The SMILES string of the molecule is O=c1cc(-c2ccc(O)cc2)oc2cc(OC3OC(CO)C(O)C(O)[C@H]3O[C@@H]3OC[C@@](O)(CO)C3O)cc(O)c12. The number of hydrogen-bond acceptors (Lipinski definition) is 14. The van der Waals surface area contributed by atoms with Gasteiger partial charge in [0.1, 0.15) is 64.0 Å². The van der Waals surface area contributed by atoms with Crippen molar-refractivity contribution in [3.63, 3.8) is 0 Å². The Bertz CT molecular complexity index is 1410. The smallest absolute Gasteiger partial charge is 0.229 e. The third-order valence-electron chi connectivity index (χ3n) is 6.88. The molecular formula is C26H28O14. The van der Waals surface area contributed by atoms with E-state index in [0.717, 1.165) is 6.07 Å². The molecule has 0 radical (unpaired) electrons. The van der Waals surface area contributed by atoms with Gasteiger partial charge in [-0.2, -0.15) is 0 Å². The maximum atomic E-state index is 12.8.